The van der Waals surface area contributed by atoms with Crippen molar-refractivity contribution in [3.05, 3.63) is 12.2 Å². The molecule has 0 spiro atoms. The van der Waals surface area contributed by atoms with Gasteiger partial charge in [0.25, 0.3) is 0 Å². The molecule has 4 nitrogen and oxygen atoms in total. The number of carbonyl (C=O) groups excluding carboxylic acids is 1. The van der Waals surface area contributed by atoms with Gasteiger partial charge in [0, 0.05) is 6.92 Å². The van der Waals surface area contributed by atoms with Gasteiger partial charge in [-0.25, -0.2) is 0 Å². The topological polar surface area (TPSA) is 69.6 Å². The molecule has 0 saturated heterocycles. The third-order valence-corrected chi connectivity index (χ3v) is 4.70. The van der Waals surface area contributed by atoms with E-state index in [1.54, 1.807) is 0 Å². The second-order valence-corrected chi connectivity index (χ2v) is 7.28. The van der Waals surface area contributed by atoms with Gasteiger partial charge < -0.3 is 15.5 Å². The molecule has 0 aliphatic heterocycles. The van der Waals surface area contributed by atoms with Gasteiger partial charge in [0.15, 0.2) is 0 Å². The Kier molecular flexibility index (Phi) is 16.0. The normalized spacial score (nSPS) is 12.0. The van der Waals surface area contributed by atoms with Crippen LogP contribution in [0.25, 0.3) is 0 Å². The zero-order valence-electron chi connectivity index (χ0n) is 16.6. The molecule has 0 saturated carbocycles. The lowest BCUT2D eigenvalue weighted by molar-refractivity contribution is -0.122. The van der Waals surface area contributed by atoms with Crippen LogP contribution in [0.15, 0.2) is 12.2 Å². The Bertz CT molecular complexity index is 338. The molecule has 0 bridgehead atoms. The maximum Gasteiger partial charge on any atom is 0.217 e. The van der Waals surface area contributed by atoms with Crippen LogP contribution in [0.1, 0.15) is 97.3 Å². The summed E-state index contributed by atoms with van der Waals surface area (Å²) >= 11 is 0. The fraction of sp³-hybridized carbons (Fsp3) is 0.857. The van der Waals surface area contributed by atoms with E-state index in [1.807, 2.05) is 6.08 Å². The van der Waals surface area contributed by atoms with Gasteiger partial charge in [0.1, 0.15) is 0 Å². The third-order valence-electron chi connectivity index (χ3n) is 4.70. The van der Waals surface area contributed by atoms with Crippen molar-refractivity contribution >= 4 is 5.91 Å². The molecule has 0 aromatic heterocycles. The highest BCUT2D eigenvalue weighted by Crippen LogP contribution is 2.13. The molecule has 4 heteroatoms. The van der Waals surface area contributed by atoms with Crippen LogP contribution in [0, 0.1) is 0 Å². The average Bonchev–Trinajstić information content (AvgIpc) is 2.60. The molecule has 25 heavy (non-hydrogen) atoms. The van der Waals surface area contributed by atoms with Crippen molar-refractivity contribution in [2.45, 2.75) is 103 Å². The summed E-state index contributed by atoms with van der Waals surface area (Å²) in [5, 5.41) is 21.5. The first-order chi connectivity index (χ1) is 12.1. The van der Waals surface area contributed by atoms with Crippen LogP contribution in [-0.2, 0) is 4.79 Å². The molecule has 0 radical (unpaired) electrons. The number of aliphatic hydroxyl groups is 2. The summed E-state index contributed by atoms with van der Waals surface area (Å²) in [4.78, 5) is 11.2. The quantitative estimate of drug-likeness (QED) is 0.266. The maximum absolute atomic E-state index is 11.2. The average molecular weight is 356 g/mol. The molecular weight excluding hydrogens is 314 g/mol. The van der Waals surface area contributed by atoms with Crippen molar-refractivity contribution in [1.82, 2.24) is 5.32 Å². The fourth-order valence-corrected chi connectivity index (χ4v) is 3.04. The first kappa shape index (κ1) is 24.1. The molecule has 0 heterocycles. The SMILES string of the molecule is CCCCCCCCCCCCC/C=C/CC(CO)(CO)NC(C)=O. The second kappa shape index (κ2) is 16.6. The number of allylic oxidation sites excluding steroid dienone is 1. The number of unbranched alkanes of at least 4 members (excludes halogenated alkanes) is 11. The van der Waals surface area contributed by atoms with Gasteiger partial charge in [-0.2, -0.15) is 0 Å². The predicted octanol–water partition coefficient (Wildman–Crippen LogP) is 4.49. The molecule has 148 valence electrons. The molecule has 0 aromatic carbocycles. The molecule has 0 aromatic rings. The summed E-state index contributed by atoms with van der Waals surface area (Å²) in [7, 11) is 0. The van der Waals surface area contributed by atoms with E-state index >= 15 is 0 Å². The van der Waals surface area contributed by atoms with E-state index in [-0.39, 0.29) is 19.1 Å². The van der Waals surface area contributed by atoms with Crippen molar-refractivity contribution in [2.24, 2.45) is 0 Å². The van der Waals surface area contributed by atoms with E-state index < -0.39 is 5.54 Å². The molecule has 0 aliphatic carbocycles. The van der Waals surface area contributed by atoms with E-state index in [2.05, 4.69) is 18.3 Å². The highest BCUT2D eigenvalue weighted by atomic mass is 16.3. The minimum Gasteiger partial charge on any atom is -0.394 e. The van der Waals surface area contributed by atoms with Crippen LogP contribution >= 0.6 is 0 Å². The van der Waals surface area contributed by atoms with Gasteiger partial charge in [-0.15, -0.1) is 0 Å². The monoisotopic (exact) mass is 355 g/mol. The Morgan fingerprint density at radius 2 is 1.32 bits per heavy atom. The Morgan fingerprint density at radius 3 is 1.76 bits per heavy atom. The number of hydrogen-bond acceptors (Lipinski definition) is 3. The number of carbonyl (C=O) groups is 1. The lowest BCUT2D eigenvalue weighted by Gasteiger charge is -2.29. The molecule has 1 amide bonds. The van der Waals surface area contributed by atoms with Crippen molar-refractivity contribution in [1.29, 1.82) is 0 Å². The van der Waals surface area contributed by atoms with Crippen LogP contribution in [0.2, 0.25) is 0 Å². The predicted molar refractivity (Wildman–Crippen MR) is 106 cm³/mol. The van der Waals surface area contributed by atoms with Gasteiger partial charge >= 0.3 is 0 Å². The lowest BCUT2D eigenvalue weighted by atomic mass is 9.96. The highest BCUT2D eigenvalue weighted by molar-refractivity contribution is 5.73. The molecular formula is C21H41NO3. The minimum absolute atomic E-state index is 0.234. The smallest absolute Gasteiger partial charge is 0.217 e. The van der Waals surface area contributed by atoms with Crippen molar-refractivity contribution in [3.8, 4) is 0 Å². The molecule has 0 atom stereocenters. The molecule has 3 N–H and O–H groups in total. The number of nitrogens with one attached hydrogen (secondary N) is 1. The standard InChI is InChI=1S/C21H41NO3/c1-3-4-5-6-7-8-9-10-11-12-13-14-15-16-17-21(18-23,19-24)22-20(2)25/h15-16,23-24H,3-14,17-19H2,1-2H3,(H,22,25)/b16-15+. The minimum atomic E-state index is -0.931. The number of aliphatic hydroxyl groups excluding tert-OH is 2. The first-order valence-electron chi connectivity index (χ1n) is 10.3. The van der Waals surface area contributed by atoms with Crippen LogP contribution in [0.3, 0.4) is 0 Å². The van der Waals surface area contributed by atoms with E-state index in [0.29, 0.717) is 6.42 Å². The molecule has 0 unspecified atom stereocenters. The Balaban J connectivity index is 3.58. The summed E-state index contributed by atoms with van der Waals surface area (Å²) in [5.41, 5.74) is -0.931. The van der Waals surface area contributed by atoms with E-state index in [4.69, 9.17) is 0 Å². The summed E-state index contributed by atoms with van der Waals surface area (Å²) < 4.78 is 0. The molecule has 0 aliphatic rings. The largest absolute Gasteiger partial charge is 0.394 e. The second-order valence-electron chi connectivity index (χ2n) is 7.28. The van der Waals surface area contributed by atoms with Gasteiger partial charge in [-0.05, 0) is 19.3 Å². The third kappa shape index (κ3) is 14.0. The van der Waals surface area contributed by atoms with E-state index in [0.717, 1.165) is 6.42 Å². The van der Waals surface area contributed by atoms with Gasteiger partial charge in [-0.3, -0.25) is 4.79 Å². The summed E-state index contributed by atoms with van der Waals surface area (Å²) in [6, 6.07) is 0. The lowest BCUT2D eigenvalue weighted by Crippen LogP contribution is -2.53. The maximum atomic E-state index is 11.2. The fourth-order valence-electron chi connectivity index (χ4n) is 3.04. The molecule has 0 fully saturated rings. The molecule has 0 rings (SSSR count). The zero-order chi connectivity index (χ0) is 18.8. The van der Waals surface area contributed by atoms with Gasteiger partial charge in [0.2, 0.25) is 5.91 Å². The first-order valence-corrected chi connectivity index (χ1v) is 10.3. The van der Waals surface area contributed by atoms with Crippen molar-refractivity contribution in [3.63, 3.8) is 0 Å². The number of hydrogen-bond donors (Lipinski definition) is 3. The van der Waals surface area contributed by atoms with Crippen LogP contribution < -0.4 is 5.32 Å². The van der Waals surface area contributed by atoms with Crippen molar-refractivity contribution in [2.75, 3.05) is 13.2 Å². The van der Waals surface area contributed by atoms with Crippen LogP contribution in [-0.4, -0.2) is 34.9 Å². The zero-order valence-corrected chi connectivity index (χ0v) is 16.6. The van der Waals surface area contributed by atoms with E-state index in [1.165, 1.54) is 77.6 Å². The summed E-state index contributed by atoms with van der Waals surface area (Å²) in [5.74, 6) is -0.234. The highest BCUT2D eigenvalue weighted by Gasteiger charge is 2.27. The Labute approximate surface area is 155 Å². The van der Waals surface area contributed by atoms with E-state index in [9.17, 15) is 15.0 Å². The van der Waals surface area contributed by atoms with Crippen LogP contribution in [0.5, 0.6) is 0 Å². The Morgan fingerprint density at radius 1 is 0.840 bits per heavy atom. The van der Waals surface area contributed by atoms with Gasteiger partial charge in [0.05, 0.1) is 18.8 Å². The Hall–Kier alpha value is -0.870. The summed E-state index contributed by atoms with van der Waals surface area (Å²) in [6.45, 7) is 3.14. The van der Waals surface area contributed by atoms with Gasteiger partial charge in [-0.1, -0.05) is 83.3 Å². The van der Waals surface area contributed by atoms with Crippen molar-refractivity contribution < 1.29 is 15.0 Å². The number of rotatable bonds is 17. The summed E-state index contributed by atoms with van der Waals surface area (Å²) in [6.07, 6.45) is 20.3. The number of amides is 1. The van der Waals surface area contributed by atoms with Crippen LogP contribution in [0.4, 0.5) is 0 Å².